The summed E-state index contributed by atoms with van der Waals surface area (Å²) >= 11 is 0. The first-order chi connectivity index (χ1) is 33.9. The number of likely N-dealkylation sites (tertiary alicyclic amines) is 1. The van der Waals surface area contributed by atoms with Crippen LogP contribution in [0.2, 0.25) is 0 Å². The summed E-state index contributed by atoms with van der Waals surface area (Å²) in [5, 5.41) is 42.4. The molecule has 16 heteroatoms. The van der Waals surface area contributed by atoms with E-state index in [0.717, 1.165) is 11.3 Å². The van der Waals surface area contributed by atoms with E-state index < -0.39 is 114 Å². The van der Waals surface area contributed by atoms with Gasteiger partial charge in [-0.05, 0) is 122 Å². The Morgan fingerprint density at radius 2 is 1.58 bits per heavy atom. The van der Waals surface area contributed by atoms with Crippen molar-refractivity contribution in [1.82, 2.24) is 4.90 Å². The SMILES string of the molecule is CC/C(C)=C/C=C/C=C/[C@@H](C)C[C@@H](C)C(=O)[C@H](OC)[C@H](O)/C(C)=C/[C@@H](C)C(=O)C[C@H](OC(=O)[C@@H]1CCCCN1C(=O)C(=O)[C@]1(O)OC(C)CC[C@H]1C)[C@H](C)C[C@@H]1CC[C@@H](OC(=O)C(C)(CO)CO)[C@H](OC)C1. The number of hydrogen-bond donors (Lipinski definition) is 4. The van der Waals surface area contributed by atoms with Crippen molar-refractivity contribution in [2.75, 3.05) is 34.0 Å². The second-order valence-electron chi connectivity index (χ2n) is 21.5. The number of amides is 1. The van der Waals surface area contributed by atoms with Crippen molar-refractivity contribution >= 4 is 35.2 Å². The number of aliphatic hydroxyl groups is 4. The molecule has 0 bridgehead atoms. The topological polar surface area (TPSA) is 233 Å². The van der Waals surface area contributed by atoms with Crippen molar-refractivity contribution in [1.29, 1.82) is 0 Å². The van der Waals surface area contributed by atoms with Gasteiger partial charge < -0.3 is 49.0 Å². The summed E-state index contributed by atoms with van der Waals surface area (Å²) in [4.78, 5) is 84.1. The predicted molar refractivity (Wildman–Crippen MR) is 272 cm³/mol. The Labute approximate surface area is 429 Å². The summed E-state index contributed by atoms with van der Waals surface area (Å²) in [7, 11) is 2.87. The van der Waals surface area contributed by atoms with Crippen LogP contribution in [0.4, 0.5) is 0 Å². The van der Waals surface area contributed by atoms with E-state index >= 15 is 0 Å². The third kappa shape index (κ3) is 17.1. The van der Waals surface area contributed by atoms with Gasteiger partial charge in [0.2, 0.25) is 5.79 Å². The molecule has 1 saturated carbocycles. The highest BCUT2D eigenvalue weighted by atomic mass is 16.6. The van der Waals surface area contributed by atoms with Gasteiger partial charge in [0.05, 0.1) is 25.4 Å². The summed E-state index contributed by atoms with van der Waals surface area (Å²) in [6, 6.07) is -1.17. The number of ether oxygens (including phenoxy) is 5. The monoisotopic (exact) mass is 1020 g/mol. The van der Waals surface area contributed by atoms with E-state index in [1.807, 2.05) is 38.2 Å². The molecule has 1 aliphatic carbocycles. The summed E-state index contributed by atoms with van der Waals surface area (Å²) in [5.74, 6) is -8.93. The molecule has 2 saturated heterocycles. The molecular weight excluding hydrogens is 927 g/mol. The Morgan fingerprint density at radius 1 is 0.903 bits per heavy atom. The van der Waals surface area contributed by atoms with E-state index in [0.29, 0.717) is 63.4 Å². The quantitative estimate of drug-likeness (QED) is 0.0289. The maximum atomic E-state index is 14.4. The molecule has 1 amide bonds. The number of piperidine rings is 1. The summed E-state index contributed by atoms with van der Waals surface area (Å²) < 4.78 is 29.0. The lowest BCUT2D eigenvalue weighted by Gasteiger charge is -2.41. The van der Waals surface area contributed by atoms with E-state index in [1.54, 1.807) is 40.7 Å². The number of hydrogen-bond acceptors (Lipinski definition) is 15. The minimum Gasteiger partial charge on any atom is -0.460 e. The van der Waals surface area contributed by atoms with E-state index in [4.69, 9.17) is 23.7 Å². The van der Waals surface area contributed by atoms with Crippen molar-refractivity contribution < 1.29 is 72.9 Å². The van der Waals surface area contributed by atoms with Gasteiger partial charge >= 0.3 is 11.9 Å². The molecule has 3 fully saturated rings. The lowest BCUT2D eigenvalue weighted by Crippen LogP contribution is -2.60. The number of esters is 2. The highest BCUT2D eigenvalue weighted by Crippen LogP contribution is 2.37. The predicted octanol–water partition coefficient (Wildman–Crippen LogP) is 6.73. The van der Waals surface area contributed by atoms with Gasteiger partial charge in [-0.15, -0.1) is 0 Å². The largest absolute Gasteiger partial charge is 0.460 e. The van der Waals surface area contributed by atoms with Gasteiger partial charge in [-0.1, -0.05) is 83.6 Å². The molecule has 0 aromatic carbocycles. The molecule has 3 rings (SSSR count). The Bertz CT molecular complexity index is 1940. The van der Waals surface area contributed by atoms with Crippen molar-refractivity contribution in [2.24, 2.45) is 40.9 Å². The van der Waals surface area contributed by atoms with E-state index in [1.165, 1.54) is 26.7 Å². The molecule has 2 heterocycles. The van der Waals surface area contributed by atoms with Crippen molar-refractivity contribution in [3.05, 3.63) is 47.6 Å². The van der Waals surface area contributed by atoms with Crippen LogP contribution in [0, 0.1) is 40.9 Å². The summed E-state index contributed by atoms with van der Waals surface area (Å²) in [5.41, 5.74) is 0.140. The minimum atomic E-state index is -2.35. The Kier molecular flexibility index (Phi) is 25.4. The third-order valence-electron chi connectivity index (χ3n) is 15.3. The van der Waals surface area contributed by atoms with Crippen molar-refractivity contribution in [3.8, 4) is 0 Å². The number of Topliss-reactive ketones (excluding diaryl/α,β-unsaturated/α-hetero) is 3. The average molecular weight is 1020 g/mol. The van der Waals surface area contributed by atoms with E-state index in [-0.39, 0.29) is 42.8 Å². The number of carbonyl (C=O) groups is 6. The summed E-state index contributed by atoms with van der Waals surface area (Å²) in [6.07, 6.45) is 11.9. The first kappa shape index (κ1) is 62.4. The van der Waals surface area contributed by atoms with Crippen LogP contribution in [-0.4, -0.2) is 143 Å². The van der Waals surface area contributed by atoms with Gasteiger partial charge in [-0.2, -0.15) is 0 Å². The number of nitrogens with zero attached hydrogens (tertiary/aromatic N) is 1. The zero-order valence-electron chi connectivity index (χ0n) is 45.3. The van der Waals surface area contributed by atoms with E-state index in [9.17, 15) is 49.2 Å². The molecular formula is C56H89NO15. The van der Waals surface area contributed by atoms with Crippen LogP contribution in [0.25, 0.3) is 0 Å². The first-order valence-electron chi connectivity index (χ1n) is 26.3. The molecule has 408 valence electrons. The molecule has 16 nitrogen and oxygen atoms in total. The molecule has 0 aromatic heterocycles. The number of methoxy groups -OCH3 is 2. The number of rotatable bonds is 27. The van der Waals surface area contributed by atoms with Crippen LogP contribution in [-0.2, 0) is 52.5 Å². The van der Waals surface area contributed by atoms with Gasteiger partial charge in [-0.3, -0.25) is 24.0 Å². The lowest BCUT2D eigenvalue weighted by molar-refractivity contribution is -0.259. The zero-order chi connectivity index (χ0) is 54.1. The van der Waals surface area contributed by atoms with Crippen LogP contribution in [0.1, 0.15) is 146 Å². The van der Waals surface area contributed by atoms with Gasteiger partial charge in [0.15, 0.2) is 5.78 Å². The average Bonchev–Trinajstić information content (AvgIpc) is 3.36. The fourth-order valence-corrected chi connectivity index (χ4v) is 9.94. The number of carbonyl (C=O) groups excluding carboxylic acids is 6. The third-order valence-corrected chi connectivity index (χ3v) is 15.3. The van der Waals surface area contributed by atoms with E-state index in [2.05, 4.69) is 19.9 Å². The van der Waals surface area contributed by atoms with Crippen LogP contribution in [0.15, 0.2) is 47.6 Å². The minimum absolute atomic E-state index is 0.0296. The Hall–Kier alpha value is -3.90. The second kappa shape index (κ2) is 29.3. The van der Waals surface area contributed by atoms with Crippen LogP contribution in [0.3, 0.4) is 0 Å². The molecule has 2 aliphatic heterocycles. The van der Waals surface area contributed by atoms with Crippen molar-refractivity contribution in [2.45, 2.75) is 195 Å². The normalized spacial score (nSPS) is 27.6. The lowest BCUT2D eigenvalue weighted by atomic mass is 9.78. The molecule has 72 heavy (non-hydrogen) atoms. The van der Waals surface area contributed by atoms with Gasteiger partial charge in [0.25, 0.3) is 11.7 Å². The van der Waals surface area contributed by atoms with Crippen LogP contribution >= 0.6 is 0 Å². The highest BCUT2D eigenvalue weighted by molar-refractivity contribution is 6.39. The van der Waals surface area contributed by atoms with Crippen LogP contribution in [0.5, 0.6) is 0 Å². The Balaban J connectivity index is 1.85. The second-order valence-corrected chi connectivity index (χ2v) is 21.5. The zero-order valence-corrected chi connectivity index (χ0v) is 45.3. The Morgan fingerprint density at radius 3 is 2.21 bits per heavy atom. The van der Waals surface area contributed by atoms with Gasteiger partial charge in [-0.25, -0.2) is 4.79 Å². The van der Waals surface area contributed by atoms with Gasteiger partial charge in [0.1, 0.15) is 41.7 Å². The number of aliphatic hydroxyl groups excluding tert-OH is 3. The van der Waals surface area contributed by atoms with Crippen LogP contribution < -0.4 is 0 Å². The summed E-state index contributed by atoms with van der Waals surface area (Å²) in [6.45, 7) is 16.8. The standard InChI is InChI=1S/C56H89NO15/c1-13-34(2)19-15-14-16-20-35(3)27-38(6)48(61)50(69-12)49(62)39(7)28-36(4)44(60)31-46(37(5)29-42-24-25-45(47(30-42)68-11)71-54(66)55(10,32-58)33-59)70-53(65)43-21-17-18-26-57(43)52(64)51(63)56(67)40(8)22-23-41(9)72-56/h14-16,19-20,28,35-38,40-43,45-47,49-50,58-59,62,67H,13,17-18,21-27,29-33H2,1-12H3/b15-14+,20-16+,34-19+,39-28+/t35-,36-,37-,38-,40-,41?,42+,43+,45-,46+,47-,49-,50+,56-/m1/s1. The molecule has 0 spiro atoms. The number of allylic oxidation sites excluding steroid dienone is 7. The molecule has 0 aromatic rings. The number of ketones is 3. The maximum absolute atomic E-state index is 14.4. The fraction of sp³-hybridized carbons (Fsp3) is 0.750. The van der Waals surface area contributed by atoms with Crippen molar-refractivity contribution in [3.63, 3.8) is 0 Å². The smallest absolute Gasteiger partial charge is 0.329 e. The molecule has 0 radical (unpaired) electrons. The highest BCUT2D eigenvalue weighted by Gasteiger charge is 2.52. The first-order valence-corrected chi connectivity index (χ1v) is 26.3. The molecule has 3 aliphatic rings. The molecule has 1 unspecified atom stereocenters. The van der Waals surface area contributed by atoms with Gasteiger partial charge in [0, 0.05) is 44.9 Å². The molecule has 14 atom stereocenters. The molecule has 4 N–H and O–H groups in total. The fourth-order valence-electron chi connectivity index (χ4n) is 9.94. The maximum Gasteiger partial charge on any atom is 0.329 e.